The second-order valence-electron chi connectivity index (χ2n) is 6.35. The van der Waals surface area contributed by atoms with Gasteiger partial charge in [-0.2, -0.15) is 9.40 Å². The Morgan fingerprint density at radius 1 is 1.15 bits per heavy atom. The maximum Gasteiger partial charge on any atom is 0.246 e. The Hall–Kier alpha value is -2.46. The number of rotatable bonds is 5. The highest BCUT2D eigenvalue weighted by Gasteiger charge is 2.31. The third kappa shape index (κ3) is 3.96. The zero-order chi connectivity index (χ0) is 19.6. The van der Waals surface area contributed by atoms with Gasteiger partial charge in [-0.1, -0.05) is 0 Å². The molecule has 27 heavy (non-hydrogen) atoms. The zero-order valence-corrected chi connectivity index (χ0v) is 16.3. The Balaban J connectivity index is 1.77. The van der Waals surface area contributed by atoms with E-state index in [1.165, 1.54) is 23.5 Å². The van der Waals surface area contributed by atoms with Crippen molar-refractivity contribution in [1.29, 1.82) is 0 Å². The average Bonchev–Trinajstić information content (AvgIpc) is 2.68. The number of ether oxygens (including phenoxy) is 1. The monoisotopic (exact) mass is 395 g/mol. The molecule has 146 valence electrons. The SMILES string of the molecule is COc1ccc(F)cc1S(=O)(=O)N1CCN(c2cc(N(C)C)cnn2)CC1. The van der Waals surface area contributed by atoms with Crippen molar-refractivity contribution in [3.05, 3.63) is 36.3 Å². The summed E-state index contributed by atoms with van der Waals surface area (Å²) in [7, 11) is 1.33. The maximum atomic E-state index is 13.6. The molecule has 0 saturated carbocycles. The molecule has 0 atom stereocenters. The Kier molecular flexibility index (Phi) is 5.47. The Morgan fingerprint density at radius 3 is 2.48 bits per heavy atom. The smallest absolute Gasteiger partial charge is 0.246 e. The minimum absolute atomic E-state index is 0.128. The molecule has 1 aliphatic heterocycles. The van der Waals surface area contributed by atoms with E-state index < -0.39 is 15.8 Å². The number of halogens is 1. The highest BCUT2D eigenvalue weighted by Crippen LogP contribution is 2.28. The van der Waals surface area contributed by atoms with E-state index in [2.05, 4.69) is 10.2 Å². The van der Waals surface area contributed by atoms with E-state index in [1.54, 1.807) is 6.20 Å². The van der Waals surface area contributed by atoms with Crippen molar-refractivity contribution in [3.63, 3.8) is 0 Å². The first-order valence-electron chi connectivity index (χ1n) is 8.41. The van der Waals surface area contributed by atoms with Gasteiger partial charge in [-0.3, -0.25) is 0 Å². The van der Waals surface area contributed by atoms with Gasteiger partial charge in [0, 0.05) is 46.3 Å². The number of benzene rings is 1. The van der Waals surface area contributed by atoms with Gasteiger partial charge in [0.15, 0.2) is 5.82 Å². The minimum atomic E-state index is -3.86. The summed E-state index contributed by atoms with van der Waals surface area (Å²) >= 11 is 0. The third-order valence-electron chi connectivity index (χ3n) is 4.45. The van der Waals surface area contributed by atoms with Gasteiger partial charge in [0.05, 0.1) is 19.0 Å². The molecule has 0 aliphatic carbocycles. The van der Waals surface area contributed by atoms with Gasteiger partial charge in [0.2, 0.25) is 10.0 Å². The van der Waals surface area contributed by atoms with Gasteiger partial charge in [-0.05, 0) is 18.2 Å². The molecule has 2 aromatic rings. The van der Waals surface area contributed by atoms with E-state index in [0.717, 1.165) is 11.8 Å². The van der Waals surface area contributed by atoms with Crippen LogP contribution >= 0.6 is 0 Å². The van der Waals surface area contributed by atoms with Gasteiger partial charge < -0.3 is 14.5 Å². The van der Waals surface area contributed by atoms with Gasteiger partial charge in [-0.15, -0.1) is 5.10 Å². The summed E-state index contributed by atoms with van der Waals surface area (Å²) in [5, 5.41) is 8.15. The van der Waals surface area contributed by atoms with Gasteiger partial charge in [-0.25, -0.2) is 12.8 Å². The topological polar surface area (TPSA) is 78.9 Å². The van der Waals surface area contributed by atoms with Crippen LogP contribution in [-0.2, 0) is 10.0 Å². The quantitative estimate of drug-likeness (QED) is 0.753. The lowest BCUT2D eigenvalue weighted by atomic mass is 10.3. The largest absolute Gasteiger partial charge is 0.495 e. The molecule has 1 aromatic heterocycles. The molecule has 1 aromatic carbocycles. The van der Waals surface area contributed by atoms with Crippen molar-refractivity contribution in [2.75, 3.05) is 57.2 Å². The van der Waals surface area contributed by atoms with E-state index in [-0.39, 0.29) is 23.7 Å². The molecule has 0 N–H and O–H groups in total. The van der Waals surface area contributed by atoms with E-state index in [9.17, 15) is 12.8 Å². The summed E-state index contributed by atoms with van der Waals surface area (Å²) in [5.41, 5.74) is 0.916. The molecule has 1 fully saturated rings. The van der Waals surface area contributed by atoms with Crippen LogP contribution in [0.5, 0.6) is 5.75 Å². The second-order valence-corrected chi connectivity index (χ2v) is 8.26. The average molecular weight is 395 g/mol. The fraction of sp³-hybridized carbons (Fsp3) is 0.412. The number of hydrogen-bond donors (Lipinski definition) is 0. The highest BCUT2D eigenvalue weighted by molar-refractivity contribution is 7.89. The molecule has 2 heterocycles. The maximum absolute atomic E-state index is 13.6. The molecule has 3 rings (SSSR count). The number of sulfonamides is 1. The van der Waals surface area contributed by atoms with Crippen LogP contribution in [0.3, 0.4) is 0 Å². The number of methoxy groups -OCH3 is 1. The van der Waals surface area contributed by atoms with Crippen molar-refractivity contribution in [3.8, 4) is 5.75 Å². The second kappa shape index (κ2) is 7.65. The fourth-order valence-corrected chi connectivity index (χ4v) is 4.48. The van der Waals surface area contributed by atoms with E-state index in [1.807, 2.05) is 30.0 Å². The predicted molar refractivity (Wildman–Crippen MR) is 100 cm³/mol. The first-order valence-corrected chi connectivity index (χ1v) is 9.85. The van der Waals surface area contributed by atoms with Crippen LogP contribution in [0.1, 0.15) is 0 Å². The fourth-order valence-electron chi connectivity index (χ4n) is 2.89. The predicted octanol–water partition coefficient (Wildman–Crippen LogP) is 1.20. The van der Waals surface area contributed by atoms with Gasteiger partial charge in [0.1, 0.15) is 16.5 Å². The number of anilines is 2. The van der Waals surface area contributed by atoms with E-state index in [4.69, 9.17) is 4.74 Å². The van der Waals surface area contributed by atoms with E-state index in [0.29, 0.717) is 18.9 Å². The molecular weight excluding hydrogens is 373 g/mol. The van der Waals surface area contributed by atoms with Crippen LogP contribution in [0.2, 0.25) is 0 Å². The lowest BCUT2D eigenvalue weighted by Gasteiger charge is -2.34. The first-order chi connectivity index (χ1) is 12.8. The summed E-state index contributed by atoms with van der Waals surface area (Å²) in [6.07, 6.45) is 1.67. The normalized spacial score (nSPS) is 15.6. The van der Waals surface area contributed by atoms with Crippen LogP contribution < -0.4 is 14.5 Å². The Labute approximate surface area is 158 Å². The summed E-state index contributed by atoms with van der Waals surface area (Å²) in [6, 6.07) is 5.40. The summed E-state index contributed by atoms with van der Waals surface area (Å²) in [5.74, 6) is 0.203. The number of nitrogens with zero attached hydrogens (tertiary/aromatic N) is 5. The summed E-state index contributed by atoms with van der Waals surface area (Å²) in [4.78, 5) is 3.75. The van der Waals surface area contributed by atoms with Crippen molar-refractivity contribution >= 4 is 21.5 Å². The third-order valence-corrected chi connectivity index (χ3v) is 6.37. The molecule has 0 spiro atoms. The van der Waals surface area contributed by atoms with Crippen molar-refractivity contribution in [1.82, 2.24) is 14.5 Å². The van der Waals surface area contributed by atoms with Gasteiger partial charge >= 0.3 is 0 Å². The lowest BCUT2D eigenvalue weighted by molar-refractivity contribution is 0.372. The minimum Gasteiger partial charge on any atom is -0.495 e. The molecule has 8 nitrogen and oxygen atoms in total. The van der Waals surface area contributed by atoms with Crippen molar-refractivity contribution in [2.24, 2.45) is 0 Å². The molecule has 1 aliphatic rings. The number of aromatic nitrogens is 2. The molecular formula is C17H22FN5O3S. The molecule has 0 unspecified atom stereocenters. The van der Waals surface area contributed by atoms with Crippen molar-refractivity contribution in [2.45, 2.75) is 4.90 Å². The Bertz CT molecular complexity index is 915. The van der Waals surface area contributed by atoms with Crippen LogP contribution in [0.25, 0.3) is 0 Å². The van der Waals surface area contributed by atoms with Crippen LogP contribution in [0, 0.1) is 5.82 Å². The summed E-state index contributed by atoms with van der Waals surface area (Å²) < 4.78 is 45.9. The highest BCUT2D eigenvalue weighted by atomic mass is 32.2. The Morgan fingerprint density at radius 2 is 1.85 bits per heavy atom. The van der Waals surface area contributed by atoms with Crippen LogP contribution in [-0.4, -0.2) is 70.3 Å². The first kappa shape index (κ1) is 19.3. The van der Waals surface area contributed by atoms with Crippen LogP contribution in [0.15, 0.2) is 35.4 Å². The standard InChI is InChI=1S/C17H22FN5O3S/c1-21(2)14-11-17(20-19-12-14)22-6-8-23(9-7-22)27(24,25)16-10-13(18)4-5-15(16)26-3/h4-5,10-12H,6-9H2,1-3H3. The van der Waals surface area contributed by atoms with Crippen molar-refractivity contribution < 1.29 is 17.5 Å². The molecule has 10 heteroatoms. The number of piperazine rings is 1. The zero-order valence-electron chi connectivity index (χ0n) is 15.5. The molecule has 0 amide bonds. The molecule has 1 saturated heterocycles. The van der Waals surface area contributed by atoms with Gasteiger partial charge in [0.25, 0.3) is 0 Å². The van der Waals surface area contributed by atoms with E-state index >= 15 is 0 Å². The molecule has 0 radical (unpaired) electrons. The lowest BCUT2D eigenvalue weighted by Crippen LogP contribution is -2.49. The van der Waals surface area contributed by atoms with Crippen LogP contribution in [0.4, 0.5) is 15.9 Å². The summed E-state index contributed by atoms with van der Waals surface area (Å²) in [6.45, 7) is 1.44. The number of hydrogen-bond acceptors (Lipinski definition) is 7. The molecule has 0 bridgehead atoms.